The fourth-order valence-corrected chi connectivity index (χ4v) is 2.71. The predicted octanol–water partition coefficient (Wildman–Crippen LogP) is 1.50. The first kappa shape index (κ1) is 19.4. The van der Waals surface area contributed by atoms with Gasteiger partial charge in [0, 0.05) is 25.7 Å². The van der Waals surface area contributed by atoms with Crippen LogP contribution in [0.2, 0.25) is 0 Å². The number of halogens is 3. The average molecular weight is 355 g/mol. The van der Waals surface area contributed by atoms with Crippen LogP contribution in [0, 0.1) is 6.92 Å². The quantitative estimate of drug-likeness (QED) is 0.581. The van der Waals surface area contributed by atoms with Crippen LogP contribution in [-0.2, 0) is 10.0 Å². The number of nitrogens with zero attached hydrogens (tertiary/aromatic N) is 2. The van der Waals surface area contributed by atoms with Crippen LogP contribution in [0.3, 0.4) is 0 Å². The second-order valence-corrected chi connectivity index (χ2v) is 6.65. The van der Waals surface area contributed by atoms with Gasteiger partial charge in [0.25, 0.3) is 0 Å². The minimum Gasteiger partial charge on any atom is -0.370 e. The summed E-state index contributed by atoms with van der Waals surface area (Å²) in [5.74, 6) is 0.695. The molecule has 0 atom stereocenters. The molecule has 0 saturated carbocycles. The van der Waals surface area contributed by atoms with E-state index in [-0.39, 0.29) is 13.1 Å². The summed E-state index contributed by atoms with van der Waals surface area (Å²) < 4.78 is 61.0. The summed E-state index contributed by atoms with van der Waals surface area (Å²) in [7, 11) is -3.95. The normalized spacial score (nSPS) is 12.2. The second kappa shape index (κ2) is 8.29. The van der Waals surface area contributed by atoms with E-state index in [0.717, 1.165) is 0 Å². The Labute approximate surface area is 133 Å². The number of aryl methyl sites for hydroxylation is 1. The molecule has 0 aliphatic carbocycles. The predicted molar refractivity (Wildman–Crippen MR) is 81.9 cm³/mol. The first-order chi connectivity index (χ1) is 10.6. The van der Waals surface area contributed by atoms with E-state index in [0.29, 0.717) is 24.0 Å². The maximum absolute atomic E-state index is 12.0. The van der Waals surface area contributed by atoms with Crippen molar-refractivity contribution in [1.82, 2.24) is 14.7 Å². The lowest BCUT2D eigenvalue weighted by Gasteiger charge is -2.11. The Hall–Kier alpha value is -1.62. The van der Waals surface area contributed by atoms with Crippen LogP contribution in [0.25, 0.3) is 0 Å². The van der Waals surface area contributed by atoms with E-state index >= 15 is 0 Å². The minimum atomic E-state index is -4.49. The topological polar surface area (TPSA) is 96.0 Å². The van der Waals surface area contributed by atoms with Gasteiger partial charge in [0.1, 0.15) is 17.5 Å². The molecular formula is C12H20F3N5O2S. The molecule has 0 aliphatic rings. The molecule has 0 aliphatic heterocycles. The molecule has 0 bridgehead atoms. The van der Waals surface area contributed by atoms with E-state index in [1.807, 2.05) is 6.92 Å². The van der Waals surface area contributed by atoms with Gasteiger partial charge in [0.15, 0.2) is 0 Å². The third kappa shape index (κ3) is 8.55. The van der Waals surface area contributed by atoms with Gasteiger partial charge in [-0.15, -0.1) is 0 Å². The Bertz CT molecular complexity index is 607. The van der Waals surface area contributed by atoms with Crippen LogP contribution < -0.4 is 15.4 Å². The van der Waals surface area contributed by atoms with Crippen LogP contribution in [0.15, 0.2) is 6.07 Å². The van der Waals surface area contributed by atoms with Gasteiger partial charge >= 0.3 is 6.18 Å². The fourth-order valence-electron chi connectivity index (χ4n) is 1.65. The zero-order valence-corrected chi connectivity index (χ0v) is 13.7. The molecule has 7 nitrogen and oxygen atoms in total. The second-order valence-electron chi connectivity index (χ2n) is 4.72. The Morgan fingerprint density at radius 2 is 1.74 bits per heavy atom. The molecule has 11 heteroatoms. The maximum atomic E-state index is 12.0. The van der Waals surface area contributed by atoms with Gasteiger partial charge in [0.2, 0.25) is 10.0 Å². The molecule has 0 aromatic carbocycles. The molecule has 0 amide bonds. The number of sulfonamides is 1. The van der Waals surface area contributed by atoms with Crippen LogP contribution in [0.4, 0.5) is 24.8 Å². The molecular weight excluding hydrogens is 335 g/mol. The molecule has 1 aromatic heterocycles. The van der Waals surface area contributed by atoms with E-state index < -0.39 is 28.4 Å². The minimum absolute atomic E-state index is 0.0419. The van der Waals surface area contributed by atoms with Gasteiger partial charge in [0.05, 0.1) is 12.2 Å². The maximum Gasteiger partial charge on any atom is 0.390 e. The summed E-state index contributed by atoms with van der Waals surface area (Å²) in [6.07, 6.45) is -5.86. The Morgan fingerprint density at radius 3 is 2.30 bits per heavy atom. The monoisotopic (exact) mass is 355 g/mol. The first-order valence-electron chi connectivity index (χ1n) is 6.99. The summed E-state index contributed by atoms with van der Waals surface area (Å²) in [6, 6.07) is 1.66. The number of rotatable bonds is 9. The molecule has 0 fully saturated rings. The largest absolute Gasteiger partial charge is 0.390 e. The van der Waals surface area contributed by atoms with Gasteiger partial charge in [-0.3, -0.25) is 0 Å². The molecule has 0 radical (unpaired) electrons. The van der Waals surface area contributed by atoms with Gasteiger partial charge in [-0.05, 0) is 13.8 Å². The zero-order chi connectivity index (χ0) is 17.5. The highest BCUT2D eigenvalue weighted by atomic mass is 32.2. The SMILES string of the molecule is CCNc1cc(NCCNS(=O)(=O)CCC(F)(F)F)nc(C)n1. The third-order valence-electron chi connectivity index (χ3n) is 2.60. The summed E-state index contributed by atoms with van der Waals surface area (Å²) in [5, 5.41) is 5.91. The van der Waals surface area contributed by atoms with E-state index in [4.69, 9.17) is 0 Å². The van der Waals surface area contributed by atoms with E-state index in [9.17, 15) is 21.6 Å². The van der Waals surface area contributed by atoms with Crippen LogP contribution in [0.1, 0.15) is 19.2 Å². The highest BCUT2D eigenvalue weighted by Crippen LogP contribution is 2.19. The lowest BCUT2D eigenvalue weighted by atomic mass is 10.4. The fraction of sp³-hybridized carbons (Fsp3) is 0.667. The van der Waals surface area contributed by atoms with Crippen LogP contribution in [0.5, 0.6) is 0 Å². The molecule has 3 N–H and O–H groups in total. The Balaban J connectivity index is 2.42. The average Bonchev–Trinajstić information content (AvgIpc) is 2.41. The number of hydrogen-bond acceptors (Lipinski definition) is 6. The highest BCUT2D eigenvalue weighted by molar-refractivity contribution is 7.89. The third-order valence-corrected chi connectivity index (χ3v) is 3.99. The number of aromatic nitrogens is 2. The number of hydrogen-bond donors (Lipinski definition) is 3. The zero-order valence-electron chi connectivity index (χ0n) is 12.9. The molecule has 0 saturated heterocycles. The van der Waals surface area contributed by atoms with Gasteiger partial charge in [-0.2, -0.15) is 13.2 Å². The van der Waals surface area contributed by atoms with Crippen molar-refractivity contribution >= 4 is 21.7 Å². The van der Waals surface area contributed by atoms with Gasteiger partial charge in [-0.25, -0.2) is 23.1 Å². The van der Waals surface area contributed by atoms with Crippen molar-refractivity contribution in [2.24, 2.45) is 0 Å². The van der Waals surface area contributed by atoms with Crippen molar-refractivity contribution < 1.29 is 21.6 Å². The van der Waals surface area contributed by atoms with Crippen molar-refractivity contribution in [2.45, 2.75) is 26.4 Å². The first-order valence-corrected chi connectivity index (χ1v) is 8.64. The highest BCUT2D eigenvalue weighted by Gasteiger charge is 2.29. The number of nitrogens with one attached hydrogen (secondary N) is 3. The van der Waals surface area contributed by atoms with E-state index in [1.54, 1.807) is 13.0 Å². The van der Waals surface area contributed by atoms with E-state index in [1.165, 1.54) is 0 Å². The summed E-state index contributed by atoms with van der Waals surface area (Å²) in [4.78, 5) is 8.29. The summed E-state index contributed by atoms with van der Waals surface area (Å²) >= 11 is 0. The van der Waals surface area contributed by atoms with Gasteiger partial charge in [-0.1, -0.05) is 0 Å². The lowest BCUT2D eigenvalue weighted by Crippen LogP contribution is -2.32. The standard InChI is InChI=1S/C12H20F3N5O2S/c1-3-16-10-8-11(20-9(2)19-10)17-5-6-18-23(21,22)7-4-12(13,14)15/h8,18H,3-7H2,1-2H3,(H2,16,17,19,20). The Kier molecular flexibility index (Phi) is 7.01. The summed E-state index contributed by atoms with van der Waals surface area (Å²) in [6.45, 7) is 4.47. The Morgan fingerprint density at radius 1 is 1.13 bits per heavy atom. The van der Waals surface area contributed by atoms with Crippen molar-refractivity contribution in [1.29, 1.82) is 0 Å². The smallest absolute Gasteiger partial charge is 0.370 e. The van der Waals surface area contributed by atoms with Crippen LogP contribution >= 0.6 is 0 Å². The lowest BCUT2D eigenvalue weighted by molar-refractivity contribution is -0.129. The van der Waals surface area contributed by atoms with Gasteiger partial charge < -0.3 is 10.6 Å². The number of alkyl halides is 3. The molecule has 1 rings (SSSR count). The molecule has 23 heavy (non-hydrogen) atoms. The number of anilines is 2. The van der Waals surface area contributed by atoms with Crippen molar-refractivity contribution in [3.05, 3.63) is 11.9 Å². The van der Waals surface area contributed by atoms with Crippen molar-refractivity contribution in [3.8, 4) is 0 Å². The van der Waals surface area contributed by atoms with Crippen molar-refractivity contribution in [3.63, 3.8) is 0 Å². The molecule has 132 valence electrons. The van der Waals surface area contributed by atoms with E-state index in [2.05, 4.69) is 25.3 Å². The van der Waals surface area contributed by atoms with Crippen molar-refractivity contribution in [2.75, 3.05) is 36.0 Å². The molecule has 0 unspecified atom stereocenters. The molecule has 0 spiro atoms. The van der Waals surface area contributed by atoms with Crippen LogP contribution in [-0.4, -0.2) is 49.9 Å². The molecule has 1 heterocycles. The molecule has 1 aromatic rings. The summed E-state index contributed by atoms with van der Waals surface area (Å²) in [5.41, 5.74) is 0.